The third-order valence-corrected chi connectivity index (χ3v) is 5.16. The summed E-state index contributed by atoms with van der Waals surface area (Å²) in [5.41, 5.74) is 0. The van der Waals surface area contributed by atoms with Gasteiger partial charge in [-0.1, -0.05) is 6.42 Å². The van der Waals surface area contributed by atoms with Crippen molar-refractivity contribution in [3.8, 4) is 0 Å². The molecule has 0 spiro atoms. The maximum absolute atomic E-state index is 3.71. The first-order valence-electron chi connectivity index (χ1n) is 8.27. The molecule has 3 atom stereocenters. The van der Waals surface area contributed by atoms with Crippen molar-refractivity contribution >= 4 is 0 Å². The maximum Gasteiger partial charge on any atom is 0.0195 e. The maximum atomic E-state index is 3.71. The zero-order valence-electron chi connectivity index (χ0n) is 13.4. The Morgan fingerprint density at radius 2 is 2.05 bits per heavy atom. The van der Waals surface area contributed by atoms with Gasteiger partial charge in [0.1, 0.15) is 0 Å². The molecule has 2 aliphatic heterocycles. The van der Waals surface area contributed by atoms with Gasteiger partial charge in [0.25, 0.3) is 0 Å². The summed E-state index contributed by atoms with van der Waals surface area (Å²) in [6.07, 6.45) is 6.81. The van der Waals surface area contributed by atoms with Crippen LogP contribution in [0.2, 0.25) is 0 Å². The molecule has 2 saturated heterocycles. The summed E-state index contributed by atoms with van der Waals surface area (Å²) in [5.74, 6) is 0. The number of hydrogen-bond acceptors (Lipinski definition) is 3. The minimum atomic E-state index is 0.671. The number of rotatable bonds is 4. The highest BCUT2D eigenvalue weighted by Gasteiger charge is 2.30. The molecule has 0 aromatic carbocycles. The van der Waals surface area contributed by atoms with Gasteiger partial charge < -0.3 is 10.2 Å². The lowest BCUT2D eigenvalue weighted by atomic mass is 9.95. The molecule has 2 aliphatic rings. The van der Waals surface area contributed by atoms with Gasteiger partial charge >= 0.3 is 0 Å². The lowest BCUT2D eigenvalue weighted by Gasteiger charge is -2.44. The van der Waals surface area contributed by atoms with Gasteiger partial charge in [0.15, 0.2) is 0 Å². The number of piperidine rings is 2. The van der Waals surface area contributed by atoms with Gasteiger partial charge in [0.2, 0.25) is 0 Å². The van der Waals surface area contributed by atoms with Crippen molar-refractivity contribution in [2.75, 3.05) is 26.7 Å². The van der Waals surface area contributed by atoms with E-state index < -0.39 is 0 Å². The fourth-order valence-electron chi connectivity index (χ4n) is 3.68. The largest absolute Gasteiger partial charge is 0.313 e. The summed E-state index contributed by atoms with van der Waals surface area (Å²) in [6, 6.07) is 2.92. The molecule has 0 aromatic heterocycles. The minimum absolute atomic E-state index is 0.671. The molecule has 3 heteroatoms. The highest BCUT2D eigenvalue weighted by atomic mass is 15.2. The van der Waals surface area contributed by atoms with E-state index in [4.69, 9.17) is 0 Å². The van der Waals surface area contributed by atoms with Crippen LogP contribution >= 0.6 is 0 Å². The summed E-state index contributed by atoms with van der Waals surface area (Å²) in [4.78, 5) is 5.28. The van der Waals surface area contributed by atoms with Crippen LogP contribution in [0.1, 0.15) is 52.9 Å². The Morgan fingerprint density at radius 3 is 2.63 bits per heavy atom. The molecule has 3 unspecified atom stereocenters. The van der Waals surface area contributed by atoms with Crippen LogP contribution < -0.4 is 5.32 Å². The summed E-state index contributed by atoms with van der Waals surface area (Å²) in [7, 11) is 2.27. The average molecular weight is 267 g/mol. The summed E-state index contributed by atoms with van der Waals surface area (Å²) >= 11 is 0. The van der Waals surface area contributed by atoms with Crippen molar-refractivity contribution in [2.45, 2.75) is 77.0 Å². The summed E-state index contributed by atoms with van der Waals surface area (Å²) in [5, 5.41) is 3.71. The Balaban J connectivity index is 1.91. The van der Waals surface area contributed by atoms with Gasteiger partial charge in [-0.2, -0.15) is 0 Å². The van der Waals surface area contributed by atoms with E-state index in [9.17, 15) is 0 Å². The van der Waals surface area contributed by atoms with Crippen LogP contribution in [0.15, 0.2) is 0 Å². The van der Waals surface area contributed by atoms with Gasteiger partial charge in [-0.15, -0.1) is 0 Å². The lowest BCUT2D eigenvalue weighted by molar-refractivity contribution is 0.0575. The monoisotopic (exact) mass is 267 g/mol. The van der Waals surface area contributed by atoms with E-state index >= 15 is 0 Å². The number of nitrogens with one attached hydrogen (secondary N) is 1. The van der Waals surface area contributed by atoms with Gasteiger partial charge in [0.05, 0.1) is 0 Å². The van der Waals surface area contributed by atoms with Crippen molar-refractivity contribution < 1.29 is 0 Å². The predicted octanol–water partition coefficient (Wildman–Crippen LogP) is 2.32. The molecule has 2 rings (SSSR count). The lowest BCUT2D eigenvalue weighted by Crippen LogP contribution is -2.54. The van der Waals surface area contributed by atoms with Crippen LogP contribution in [0.4, 0.5) is 0 Å². The molecule has 0 aliphatic carbocycles. The fourth-order valence-corrected chi connectivity index (χ4v) is 3.68. The molecule has 2 heterocycles. The van der Waals surface area contributed by atoms with Gasteiger partial charge in [-0.3, -0.25) is 4.90 Å². The Labute approximate surface area is 119 Å². The predicted molar refractivity (Wildman–Crippen MR) is 82.6 cm³/mol. The first kappa shape index (κ1) is 15.3. The molecule has 3 nitrogen and oxygen atoms in total. The Morgan fingerprint density at radius 1 is 1.26 bits per heavy atom. The molecular weight excluding hydrogens is 234 g/mol. The van der Waals surface area contributed by atoms with Gasteiger partial charge in [-0.25, -0.2) is 0 Å². The zero-order valence-corrected chi connectivity index (χ0v) is 13.4. The quantitative estimate of drug-likeness (QED) is 0.843. The summed E-state index contributed by atoms with van der Waals surface area (Å²) < 4.78 is 0. The zero-order chi connectivity index (χ0) is 13.8. The third kappa shape index (κ3) is 4.17. The Bertz CT molecular complexity index is 261. The molecule has 0 amide bonds. The normalized spacial score (nSPS) is 34.1. The van der Waals surface area contributed by atoms with Gasteiger partial charge in [-0.05, 0) is 66.6 Å². The number of nitrogens with zero attached hydrogens (tertiary/aromatic N) is 2. The van der Waals surface area contributed by atoms with E-state index in [0.717, 1.165) is 18.1 Å². The molecule has 2 fully saturated rings. The number of hydrogen-bond donors (Lipinski definition) is 1. The Hall–Kier alpha value is -0.120. The van der Waals surface area contributed by atoms with Crippen LogP contribution in [0.3, 0.4) is 0 Å². The molecule has 112 valence electrons. The van der Waals surface area contributed by atoms with Crippen molar-refractivity contribution in [3.63, 3.8) is 0 Å². The van der Waals surface area contributed by atoms with Gasteiger partial charge in [0, 0.05) is 30.7 Å². The van der Waals surface area contributed by atoms with E-state index in [-0.39, 0.29) is 0 Å². The van der Waals surface area contributed by atoms with Crippen LogP contribution in [0, 0.1) is 0 Å². The summed E-state index contributed by atoms with van der Waals surface area (Å²) in [6.45, 7) is 10.8. The topological polar surface area (TPSA) is 18.5 Å². The fraction of sp³-hybridized carbons (Fsp3) is 1.00. The second kappa shape index (κ2) is 7.05. The molecule has 0 bridgehead atoms. The Kier molecular flexibility index (Phi) is 5.67. The first-order valence-corrected chi connectivity index (χ1v) is 8.27. The van der Waals surface area contributed by atoms with Crippen LogP contribution in [0.5, 0.6) is 0 Å². The van der Waals surface area contributed by atoms with E-state index in [1.807, 2.05) is 0 Å². The van der Waals surface area contributed by atoms with Crippen molar-refractivity contribution in [1.82, 2.24) is 15.1 Å². The van der Waals surface area contributed by atoms with Crippen molar-refractivity contribution in [3.05, 3.63) is 0 Å². The van der Waals surface area contributed by atoms with Crippen LogP contribution in [-0.2, 0) is 0 Å². The SMILES string of the molecule is CC1CC(N(CC2CCCCN2)C(C)C)CCN1C. The van der Waals surface area contributed by atoms with Crippen molar-refractivity contribution in [1.29, 1.82) is 0 Å². The van der Waals surface area contributed by atoms with E-state index in [2.05, 4.69) is 42.9 Å². The molecule has 0 saturated carbocycles. The molecule has 0 radical (unpaired) electrons. The second-order valence-electron chi connectivity index (χ2n) is 6.95. The highest BCUT2D eigenvalue weighted by Crippen LogP contribution is 2.23. The highest BCUT2D eigenvalue weighted by molar-refractivity contribution is 4.87. The van der Waals surface area contributed by atoms with E-state index in [1.165, 1.54) is 51.7 Å². The average Bonchev–Trinajstić information content (AvgIpc) is 2.40. The first-order chi connectivity index (χ1) is 9.08. The number of likely N-dealkylation sites (tertiary alicyclic amines) is 1. The second-order valence-corrected chi connectivity index (χ2v) is 6.95. The van der Waals surface area contributed by atoms with E-state index in [0.29, 0.717) is 6.04 Å². The molecular formula is C16H33N3. The smallest absolute Gasteiger partial charge is 0.0195 e. The molecule has 19 heavy (non-hydrogen) atoms. The minimum Gasteiger partial charge on any atom is -0.313 e. The molecule has 0 aromatic rings. The standard InChI is InChI=1S/C16H33N3/c1-13(2)19(12-15-7-5-6-9-17-15)16-8-10-18(4)14(3)11-16/h13-17H,5-12H2,1-4H3. The van der Waals surface area contributed by atoms with E-state index in [1.54, 1.807) is 0 Å². The van der Waals surface area contributed by atoms with Crippen molar-refractivity contribution in [2.24, 2.45) is 0 Å². The third-order valence-electron chi connectivity index (χ3n) is 5.16. The van der Waals surface area contributed by atoms with Crippen LogP contribution in [0.25, 0.3) is 0 Å². The van der Waals surface area contributed by atoms with Crippen LogP contribution in [-0.4, -0.2) is 60.6 Å². The molecule has 1 N–H and O–H groups in total.